The molecule has 0 saturated carbocycles. The van der Waals surface area contributed by atoms with Gasteiger partial charge in [-0.1, -0.05) is 34.6 Å². The molecule has 0 spiro atoms. The van der Waals surface area contributed by atoms with Gasteiger partial charge in [-0.05, 0) is 18.0 Å². The maximum Gasteiger partial charge on any atom is 0.360 e. The summed E-state index contributed by atoms with van der Waals surface area (Å²) < 4.78 is 6.32. The number of azide groups is 1. The molecular formula is C12H12N6O2. The van der Waals surface area contributed by atoms with Crippen molar-refractivity contribution in [2.75, 3.05) is 6.61 Å². The second-order valence-corrected chi connectivity index (χ2v) is 3.84. The number of carbonyl (C=O) groups excluding carboxylic acids is 1. The van der Waals surface area contributed by atoms with Gasteiger partial charge in [0.15, 0.2) is 5.69 Å². The molecule has 0 saturated heterocycles. The van der Waals surface area contributed by atoms with Crippen LogP contribution in [0.2, 0.25) is 0 Å². The molecule has 0 fully saturated rings. The fraction of sp³-hybridized carbons (Fsp3) is 0.250. The number of aromatic nitrogens is 3. The number of hydrogen-bond donors (Lipinski definition) is 0. The molecule has 1 aromatic heterocycles. The summed E-state index contributed by atoms with van der Waals surface area (Å²) in [6, 6.07) is 7.13. The van der Waals surface area contributed by atoms with E-state index in [1.807, 2.05) is 12.1 Å². The van der Waals surface area contributed by atoms with E-state index in [4.69, 9.17) is 10.3 Å². The highest BCUT2D eigenvalue weighted by Crippen LogP contribution is 2.19. The van der Waals surface area contributed by atoms with Gasteiger partial charge in [0.25, 0.3) is 0 Å². The fourth-order valence-corrected chi connectivity index (χ4v) is 1.64. The van der Waals surface area contributed by atoms with Crippen molar-refractivity contribution in [3.05, 3.63) is 52.2 Å². The van der Waals surface area contributed by atoms with Gasteiger partial charge in [0.1, 0.15) is 0 Å². The number of hydrogen-bond acceptors (Lipinski definition) is 5. The van der Waals surface area contributed by atoms with E-state index in [1.165, 1.54) is 10.9 Å². The van der Waals surface area contributed by atoms with E-state index >= 15 is 0 Å². The summed E-state index contributed by atoms with van der Waals surface area (Å²) >= 11 is 0. The first-order valence-corrected chi connectivity index (χ1v) is 5.95. The Hall–Kier alpha value is -2.86. The van der Waals surface area contributed by atoms with Gasteiger partial charge in [-0.15, -0.1) is 5.10 Å². The Kier molecular flexibility index (Phi) is 4.31. The Balaban J connectivity index is 2.19. The number of rotatable bonds is 5. The van der Waals surface area contributed by atoms with Crippen molar-refractivity contribution < 1.29 is 9.53 Å². The Morgan fingerprint density at radius 3 is 3.05 bits per heavy atom. The topological polar surface area (TPSA) is 106 Å². The molecule has 2 aromatic rings. The van der Waals surface area contributed by atoms with Crippen LogP contribution >= 0.6 is 0 Å². The summed E-state index contributed by atoms with van der Waals surface area (Å²) in [5.41, 5.74) is 9.95. The minimum absolute atomic E-state index is 0.146. The van der Waals surface area contributed by atoms with Crippen LogP contribution in [0.1, 0.15) is 23.0 Å². The summed E-state index contributed by atoms with van der Waals surface area (Å²) in [6.45, 7) is 2.35. The Morgan fingerprint density at radius 2 is 2.30 bits per heavy atom. The first-order valence-electron chi connectivity index (χ1n) is 5.95. The highest BCUT2D eigenvalue weighted by Gasteiger charge is 2.12. The highest BCUT2D eigenvalue weighted by molar-refractivity contribution is 5.86. The molecule has 0 radical (unpaired) electrons. The average molecular weight is 272 g/mol. The van der Waals surface area contributed by atoms with Crippen molar-refractivity contribution in [1.82, 2.24) is 15.0 Å². The summed E-state index contributed by atoms with van der Waals surface area (Å²) in [4.78, 5) is 14.2. The van der Waals surface area contributed by atoms with Crippen molar-refractivity contribution in [3.63, 3.8) is 0 Å². The summed E-state index contributed by atoms with van der Waals surface area (Å²) in [6.07, 6.45) is 1.49. The van der Waals surface area contributed by atoms with Crippen LogP contribution in [0, 0.1) is 0 Å². The van der Waals surface area contributed by atoms with Gasteiger partial charge < -0.3 is 4.74 Å². The van der Waals surface area contributed by atoms with Crippen LogP contribution in [0.15, 0.2) is 35.6 Å². The lowest BCUT2D eigenvalue weighted by atomic mass is 10.2. The van der Waals surface area contributed by atoms with Gasteiger partial charge in [0.2, 0.25) is 0 Å². The SMILES string of the molecule is CCOC(=O)c1cn(Cc2ccccc2N=[N+]=[N-])nn1. The van der Waals surface area contributed by atoms with Crippen LogP contribution in [0.3, 0.4) is 0 Å². The molecule has 0 aliphatic rings. The summed E-state index contributed by atoms with van der Waals surface area (Å²) in [5.74, 6) is -0.512. The van der Waals surface area contributed by atoms with E-state index in [-0.39, 0.29) is 12.3 Å². The van der Waals surface area contributed by atoms with Crippen LogP contribution in [0.4, 0.5) is 5.69 Å². The molecule has 2 rings (SSSR count). The monoisotopic (exact) mass is 272 g/mol. The maximum absolute atomic E-state index is 11.5. The van der Waals surface area contributed by atoms with Crippen LogP contribution in [-0.4, -0.2) is 27.6 Å². The smallest absolute Gasteiger partial charge is 0.360 e. The third kappa shape index (κ3) is 3.12. The lowest BCUT2D eigenvalue weighted by Crippen LogP contribution is -2.05. The van der Waals surface area contributed by atoms with Crippen molar-refractivity contribution in [2.45, 2.75) is 13.5 Å². The van der Waals surface area contributed by atoms with E-state index in [0.717, 1.165) is 5.56 Å². The largest absolute Gasteiger partial charge is 0.461 e. The zero-order valence-corrected chi connectivity index (χ0v) is 10.8. The predicted molar refractivity (Wildman–Crippen MR) is 70.3 cm³/mol. The minimum atomic E-state index is -0.512. The van der Waals surface area contributed by atoms with Gasteiger partial charge in [0.05, 0.1) is 19.3 Å². The Morgan fingerprint density at radius 1 is 1.50 bits per heavy atom. The molecule has 20 heavy (non-hydrogen) atoms. The van der Waals surface area contributed by atoms with Crippen LogP contribution in [0.5, 0.6) is 0 Å². The third-order valence-corrected chi connectivity index (χ3v) is 2.50. The van der Waals surface area contributed by atoms with E-state index < -0.39 is 5.97 Å². The standard InChI is InChI=1S/C12H12N6O2/c1-2-20-12(19)11-8-18(17-15-11)7-9-5-3-4-6-10(9)14-16-13/h3-6,8H,2,7H2,1H3. The third-order valence-electron chi connectivity index (χ3n) is 2.50. The fourth-order valence-electron chi connectivity index (χ4n) is 1.64. The molecule has 8 heteroatoms. The quantitative estimate of drug-likeness (QED) is 0.360. The lowest BCUT2D eigenvalue weighted by Gasteiger charge is -2.03. The molecule has 1 heterocycles. The van der Waals surface area contributed by atoms with Gasteiger partial charge in [-0.25, -0.2) is 9.48 Å². The van der Waals surface area contributed by atoms with Crippen molar-refractivity contribution in [2.24, 2.45) is 5.11 Å². The second-order valence-electron chi connectivity index (χ2n) is 3.84. The molecule has 102 valence electrons. The summed E-state index contributed by atoms with van der Waals surface area (Å²) in [5, 5.41) is 11.2. The van der Waals surface area contributed by atoms with E-state index in [9.17, 15) is 4.79 Å². The number of nitrogens with zero attached hydrogens (tertiary/aromatic N) is 6. The van der Waals surface area contributed by atoms with E-state index in [0.29, 0.717) is 12.2 Å². The maximum atomic E-state index is 11.5. The van der Waals surface area contributed by atoms with Crippen LogP contribution in [-0.2, 0) is 11.3 Å². The molecule has 0 N–H and O–H groups in total. The van der Waals surface area contributed by atoms with Crippen molar-refractivity contribution in [3.8, 4) is 0 Å². The molecule has 0 unspecified atom stereocenters. The first kappa shape index (κ1) is 13.6. The van der Waals surface area contributed by atoms with Crippen molar-refractivity contribution >= 4 is 11.7 Å². The molecular weight excluding hydrogens is 260 g/mol. The predicted octanol–water partition coefficient (Wildman–Crippen LogP) is 2.44. The van der Waals surface area contributed by atoms with Gasteiger partial charge in [-0.3, -0.25) is 0 Å². The molecule has 8 nitrogen and oxygen atoms in total. The lowest BCUT2D eigenvalue weighted by molar-refractivity contribution is 0.0519. The van der Waals surface area contributed by atoms with Gasteiger partial charge >= 0.3 is 5.97 Å². The van der Waals surface area contributed by atoms with Gasteiger partial charge in [0, 0.05) is 10.6 Å². The highest BCUT2D eigenvalue weighted by atomic mass is 16.5. The zero-order chi connectivity index (χ0) is 14.4. The molecule has 0 amide bonds. The molecule has 0 atom stereocenters. The number of benzene rings is 1. The normalized spacial score (nSPS) is 9.85. The van der Waals surface area contributed by atoms with E-state index in [2.05, 4.69) is 20.3 Å². The Bertz CT molecular complexity index is 659. The van der Waals surface area contributed by atoms with Crippen LogP contribution < -0.4 is 0 Å². The first-order chi connectivity index (χ1) is 9.74. The second kappa shape index (κ2) is 6.35. The zero-order valence-electron chi connectivity index (χ0n) is 10.8. The number of esters is 1. The van der Waals surface area contributed by atoms with Crippen LogP contribution in [0.25, 0.3) is 10.4 Å². The molecule has 1 aromatic carbocycles. The summed E-state index contributed by atoms with van der Waals surface area (Å²) in [7, 11) is 0. The van der Waals surface area contributed by atoms with Gasteiger partial charge in [-0.2, -0.15) is 0 Å². The number of ether oxygens (including phenoxy) is 1. The van der Waals surface area contributed by atoms with Crippen molar-refractivity contribution in [1.29, 1.82) is 0 Å². The average Bonchev–Trinajstić information content (AvgIpc) is 2.90. The molecule has 0 aliphatic carbocycles. The Labute approximate surface area is 114 Å². The molecule has 0 bridgehead atoms. The van der Waals surface area contributed by atoms with E-state index in [1.54, 1.807) is 19.1 Å². The number of carbonyl (C=O) groups is 1. The minimum Gasteiger partial charge on any atom is -0.461 e. The molecule has 0 aliphatic heterocycles.